The molecule has 2 rings (SSSR count). The molecule has 0 spiro atoms. The summed E-state index contributed by atoms with van der Waals surface area (Å²) in [6, 6.07) is 8.03. The zero-order valence-corrected chi connectivity index (χ0v) is 10.9. The van der Waals surface area contributed by atoms with Crippen molar-refractivity contribution in [2.24, 2.45) is 7.05 Å². The molecule has 19 heavy (non-hydrogen) atoms. The van der Waals surface area contributed by atoms with Crippen molar-refractivity contribution in [3.63, 3.8) is 0 Å². The Morgan fingerprint density at radius 1 is 1.42 bits per heavy atom. The summed E-state index contributed by atoms with van der Waals surface area (Å²) in [6.45, 7) is 0.219. The van der Waals surface area contributed by atoms with Gasteiger partial charge in [-0.1, -0.05) is 18.2 Å². The second-order valence-electron chi connectivity index (χ2n) is 4.52. The highest BCUT2D eigenvalue weighted by molar-refractivity contribution is 5.93. The van der Waals surface area contributed by atoms with Gasteiger partial charge in [0.15, 0.2) is 0 Å². The summed E-state index contributed by atoms with van der Waals surface area (Å²) < 4.78 is 15.2. The van der Waals surface area contributed by atoms with Gasteiger partial charge in [0.25, 0.3) is 5.91 Å². The molecule has 0 radical (unpaired) electrons. The summed E-state index contributed by atoms with van der Waals surface area (Å²) in [7, 11) is 3.39. The maximum Gasteiger partial charge on any atom is 0.270 e. The van der Waals surface area contributed by atoms with E-state index in [2.05, 4.69) is 0 Å². The third kappa shape index (κ3) is 2.76. The molecule has 0 saturated heterocycles. The number of carbonyl (C=O) groups excluding carboxylic acids is 1. The second-order valence-corrected chi connectivity index (χ2v) is 4.52. The van der Waals surface area contributed by atoms with Gasteiger partial charge in [0.1, 0.15) is 11.5 Å². The molecular formula is C14H16FN3O. The van der Waals surface area contributed by atoms with Gasteiger partial charge in [0.05, 0.1) is 5.69 Å². The van der Waals surface area contributed by atoms with Gasteiger partial charge in [-0.2, -0.15) is 0 Å². The van der Waals surface area contributed by atoms with Crippen molar-refractivity contribution in [1.29, 1.82) is 0 Å². The maximum atomic E-state index is 13.5. The molecule has 4 nitrogen and oxygen atoms in total. The summed E-state index contributed by atoms with van der Waals surface area (Å²) in [5.74, 6) is -0.504. The molecule has 0 fully saturated rings. The standard InChI is InChI=1S/C14H16FN3O/c1-17-9-11(16)7-13(17)14(19)18(2)8-10-5-3-4-6-12(10)15/h3-7,9H,8,16H2,1-2H3. The Bertz CT molecular complexity index is 606. The zero-order valence-electron chi connectivity index (χ0n) is 10.9. The van der Waals surface area contributed by atoms with Gasteiger partial charge >= 0.3 is 0 Å². The second kappa shape index (κ2) is 5.14. The summed E-state index contributed by atoms with van der Waals surface area (Å²) in [5, 5.41) is 0. The summed E-state index contributed by atoms with van der Waals surface area (Å²) in [4.78, 5) is 13.7. The van der Waals surface area contributed by atoms with Crippen LogP contribution in [-0.4, -0.2) is 22.4 Å². The number of nitrogens with two attached hydrogens (primary N) is 1. The number of nitrogens with zero attached hydrogens (tertiary/aromatic N) is 2. The van der Waals surface area contributed by atoms with E-state index in [1.165, 1.54) is 11.0 Å². The van der Waals surface area contributed by atoms with E-state index in [9.17, 15) is 9.18 Å². The average molecular weight is 261 g/mol. The van der Waals surface area contributed by atoms with Gasteiger partial charge in [0.2, 0.25) is 0 Å². The minimum Gasteiger partial charge on any atom is -0.397 e. The van der Waals surface area contributed by atoms with Crippen LogP contribution in [0.15, 0.2) is 36.5 Å². The predicted molar refractivity (Wildman–Crippen MR) is 72.0 cm³/mol. The number of amides is 1. The third-order valence-corrected chi connectivity index (χ3v) is 2.96. The molecule has 0 aliphatic heterocycles. The molecule has 0 bridgehead atoms. The normalized spacial score (nSPS) is 10.5. The van der Waals surface area contributed by atoms with E-state index >= 15 is 0 Å². The van der Waals surface area contributed by atoms with Crippen molar-refractivity contribution >= 4 is 11.6 Å². The van der Waals surface area contributed by atoms with Crippen molar-refractivity contribution in [3.05, 3.63) is 53.6 Å². The molecule has 5 heteroatoms. The quantitative estimate of drug-likeness (QED) is 0.919. The number of hydrogen-bond donors (Lipinski definition) is 1. The number of nitrogen functional groups attached to an aromatic ring is 1. The number of anilines is 1. The Morgan fingerprint density at radius 3 is 2.68 bits per heavy atom. The fourth-order valence-electron chi connectivity index (χ4n) is 1.95. The van der Waals surface area contributed by atoms with E-state index in [4.69, 9.17) is 5.73 Å². The SMILES string of the molecule is CN(Cc1ccccc1F)C(=O)c1cc(N)cn1C. The molecule has 0 unspecified atom stereocenters. The van der Waals surface area contributed by atoms with Crippen LogP contribution in [0.4, 0.5) is 10.1 Å². The predicted octanol–water partition coefficient (Wildman–Crippen LogP) is 2.02. The van der Waals surface area contributed by atoms with Crippen LogP contribution < -0.4 is 5.73 Å². The Kier molecular flexibility index (Phi) is 3.55. The fourth-order valence-corrected chi connectivity index (χ4v) is 1.95. The molecular weight excluding hydrogens is 245 g/mol. The number of aromatic nitrogens is 1. The highest BCUT2D eigenvalue weighted by atomic mass is 19.1. The minimum absolute atomic E-state index is 0.192. The van der Waals surface area contributed by atoms with Crippen LogP contribution in [0.25, 0.3) is 0 Å². The number of hydrogen-bond acceptors (Lipinski definition) is 2. The third-order valence-electron chi connectivity index (χ3n) is 2.96. The van der Waals surface area contributed by atoms with E-state index < -0.39 is 0 Å². The molecule has 0 saturated carbocycles. The number of carbonyl (C=O) groups is 1. The van der Waals surface area contributed by atoms with Crippen LogP contribution in [0, 0.1) is 5.82 Å². The first-order valence-electron chi connectivity index (χ1n) is 5.89. The molecule has 2 aromatic rings. The van der Waals surface area contributed by atoms with Crippen LogP contribution in [0.2, 0.25) is 0 Å². The van der Waals surface area contributed by atoms with Crippen molar-refractivity contribution in [2.75, 3.05) is 12.8 Å². The number of benzene rings is 1. The van der Waals surface area contributed by atoms with Gasteiger partial charge in [-0.3, -0.25) is 4.79 Å². The first kappa shape index (κ1) is 13.1. The van der Waals surface area contributed by atoms with Gasteiger partial charge < -0.3 is 15.2 Å². The van der Waals surface area contributed by atoms with Gasteiger partial charge in [-0.15, -0.1) is 0 Å². The van der Waals surface area contributed by atoms with Crippen LogP contribution >= 0.6 is 0 Å². The summed E-state index contributed by atoms with van der Waals surface area (Å²) >= 11 is 0. The maximum absolute atomic E-state index is 13.5. The van der Waals surface area contributed by atoms with Crippen molar-refractivity contribution in [2.45, 2.75) is 6.54 Å². The topological polar surface area (TPSA) is 51.3 Å². The Balaban J connectivity index is 2.16. The van der Waals surface area contributed by atoms with Gasteiger partial charge in [0, 0.05) is 32.4 Å². The van der Waals surface area contributed by atoms with Crippen LogP contribution in [0.3, 0.4) is 0 Å². The van der Waals surface area contributed by atoms with Crippen LogP contribution in [0.1, 0.15) is 16.1 Å². The van der Waals surface area contributed by atoms with E-state index in [1.807, 2.05) is 0 Å². The molecule has 0 atom stereocenters. The first-order chi connectivity index (χ1) is 8.99. The number of halogens is 1. The lowest BCUT2D eigenvalue weighted by molar-refractivity contribution is 0.0774. The molecule has 1 amide bonds. The Morgan fingerprint density at radius 2 is 2.11 bits per heavy atom. The van der Waals surface area contributed by atoms with Gasteiger partial charge in [-0.05, 0) is 12.1 Å². The van der Waals surface area contributed by atoms with E-state index in [-0.39, 0.29) is 18.3 Å². The van der Waals surface area contributed by atoms with E-state index in [0.29, 0.717) is 16.9 Å². The molecule has 100 valence electrons. The smallest absolute Gasteiger partial charge is 0.270 e. The molecule has 2 N–H and O–H groups in total. The molecule has 1 aromatic heterocycles. The van der Waals surface area contributed by atoms with Crippen molar-refractivity contribution in [1.82, 2.24) is 9.47 Å². The molecule has 1 heterocycles. The highest BCUT2D eigenvalue weighted by Gasteiger charge is 2.16. The number of aryl methyl sites for hydroxylation is 1. The zero-order chi connectivity index (χ0) is 14.0. The largest absolute Gasteiger partial charge is 0.397 e. The fraction of sp³-hybridized carbons (Fsp3) is 0.214. The van der Waals surface area contributed by atoms with Crippen LogP contribution in [-0.2, 0) is 13.6 Å². The van der Waals surface area contributed by atoms with E-state index in [0.717, 1.165) is 0 Å². The van der Waals surface area contributed by atoms with Gasteiger partial charge in [-0.25, -0.2) is 4.39 Å². The molecule has 0 aliphatic rings. The van der Waals surface area contributed by atoms with Crippen molar-refractivity contribution < 1.29 is 9.18 Å². The Labute approximate surface area is 111 Å². The van der Waals surface area contributed by atoms with E-state index in [1.54, 1.807) is 49.1 Å². The lowest BCUT2D eigenvalue weighted by Crippen LogP contribution is -2.28. The van der Waals surface area contributed by atoms with Crippen molar-refractivity contribution in [3.8, 4) is 0 Å². The summed E-state index contributed by atoms with van der Waals surface area (Å²) in [5.41, 5.74) is 7.14. The summed E-state index contributed by atoms with van der Waals surface area (Å²) in [6.07, 6.45) is 1.67. The molecule has 1 aromatic carbocycles. The average Bonchev–Trinajstić information content (AvgIpc) is 2.70. The highest BCUT2D eigenvalue weighted by Crippen LogP contribution is 2.14. The lowest BCUT2D eigenvalue weighted by atomic mass is 10.2. The monoisotopic (exact) mass is 261 g/mol. The molecule has 0 aliphatic carbocycles. The number of rotatable bonds is 3. The minimum atomic E-state index is -0.312. The van der Waals surface area contributed by atoms with Crippen LogP contribution in [0.5, 0.6) is 0 Å². The lowest BCUT2D eigenvalue weighted by Gasteiger charge is -2.17. The first-order valence-corrected chi connectivity index (χ1v) is 5.89. The Hall–Kier alpha value is -2.30.